The normalized spacial score (nSPS) is 10.8. The Morgan fingerprint density at radius 2 is 1.91 bits per heavy atom. The van der Waals surface area contributed by atoms with Crippen molar-refractivity contribution >= 4 is 28.5 Å². The topological polar surface area (TPSA) is 46.9 Å². The fourth-order valence-electron chi connectivity index (χ4n) is 2.40. The summed E-state index contributed by atoms with van der Waals surface area (Å²) in [7, 11) is 0. The minimum absolute atomic E-state index is 0.0406. The summed E-state index contributed by atoms with van der Waals surface area (Å²) in [5, 5.41) is 3.61. The highest BCUT2D eigenvalue weighted by atomic mass is 35.5. The van der Waals surface area contributed by atoms with Gasteiger partial charge in [0.05, 0.1) is 11.0 Å². The van der Waals surface area contributed by atoms with Crippen LogP contribution in [0.25, 0.3) is 11.0 Å². The SMILES string of the molecule is Cc1nc2ccccc2n1CC(=O)NCc1ccc(Cl)cc1. The monoisotopic (exact) mass is 313 g/mol. The molecule has 0 aliphatic carbocycles. The molecule has 0 fully saturated rings. The van der Waals surface area contributed by atoms with E-state index in [1.807, 2.05) is 60.0 Å². The lowest BCUT2D eigenvalue weighted by atomic mass is 10.2. The van der Waals surface area contributed by atoms with Gasteiger partial charge in [0.25, 0.3) is 0 Å². The van der Waals surface area contributed by atoms with E-state index < -0.39 is 0 Å². The van der Waals surface area contributed by atoms with Crippen LogP contribution in [0.15, 0.2) is 48.5 Å². The maximum atomic E-state index is 12.2. The summed E-state index contributed by atoms with van der Waals surface area (Å²) in [6.07, 6.45) is 0. The lowest BCUT2D eigenvalue weighted by molar-refractivity contribution is -0.121. The van der Waals surface area contributed by atoms with Crippen LogP contribution < -0.4 is 5.32 Å². The molecule has 1 N–H and O–H groups in total. The second kappa shape index (κ2) is 6.20. The molecule has 4 nitrogen and oxygen atoms in total. The number of rotatable bonds is 4. The first-order chi connectivity index (χ1) is 10.6. The fourth-order valence-corrected chi connectivity index (χ4v) is 2.52. The van der Waals surface area contributed by atoms with E-state index in [2.05, 4.69) is 10.3 Å². The Hall–Kier alpha value is -2.33. The molecule has 3 aromatic rings. The zero-order valence-corrected chi connectivity index (χ0v) is 13.0. The average Bonchev–Trinajstić information content (AvgIpc) is 2.83. The van der Waals surface area contributed by atoms with Crippen molar-refractivity contribution < 1.29 is 4.79 Å². The lowest BCUT2D eigenvalue weighted by Gasteiger charge is -2.08. The molecule has 0 saturated heterocycles. The summed E-state index contributed by atoms with van der Waals surface area (Å²) < 4.78 is 1.92. The van der Waals surface area contributed by atoms with Gasteiger partial charge in [-0.2, -0.15) is 0 Å². The van der Waals surface area contributed by atoms with Crippen molar-refractivity contribution in [3.63, 3.8) is 0 Å². The van der Waals surface area contributed by atoms with E-state index in [0.29, 0.717) is 11.6 Å². The molecule has 1 amide bonds. The van der Waals surface area contributed by atoms with E-state index in [0.717, 1.165) is 22.4 Å². The van der Waals surface area contributed by atoms with Crippen LogP contribution in [0, 0.1) is 6.92 Å². The molecule has 0 bridgehead atoms. The van der Waals surface area contributed by atoms with Gasteiger partial charge < -0.3 is 9.88 Å². The molecule has 3 rings (SSSR count). The van der Waals surface area contributed by atoms with Crippen LogP contribution in [0.5, 0.6) is 0 Å². The second-order valence-corrected chi connectivity index (χ2v) is 5.57. The summed E-state index contributed by atoms with van der Waals surface area (Å²) in [4.78, 5) is 16.6. The fraction of sp³-hybridized carbons (Fsp3) is 0.176. The largest absolute Gasteiger partial charge is 0.350 e. The van der Waals surface area contributed by atoms with Crippen molar-refractivity contribution in [2.45, 2.75) is 20.0 Å². The molecule has 0 radical (unpaired) electrons. The first kappa shape index (κ1) is 14.6. The summed E-state index contributed by atoms with van der Waals surface area (Å²) in [5.74, 6) is 0.795. The molecule has 0 saturated carbocycles. The number of amides is 1. The molecule has 0 aliphatic rings. The van der Waals surface area contributed by atoms with E-state index in [1.54, 1.807) is 0 Å². The van der Waals surface area contributed by atoms with Gasteiger partial charge in [0.15, 0.2) is 0 Å². The predicted octanol–water partition coefficient (Wildman–Crippen LogP) is 3.31. The van der Waals surface area contributed by atoms with E-state index in [4.69, 9.17) is 11.6 Å². The maximum Gasteiger partial charge on any atom is 0.240 e. The average molecular weight is 314 g/mol. The number of imidazole rings is 1. The number of para-hydroxylation sites is 2. The quantitative estimate of drug-likeness (QED) is 0.803. The van der Waals surface area contributed by atoms with Crippen LogP contribution >= 0.6 is 11.6 Å². The van der Waals surface area contributed by atoms with Gasteiger partial charge in [-0.05, 0) is 36.8 Å². The third-order valence-electron chi connectivity index (χ3n) is 3.55. The Morgan fingerprint density at radius 1 is 1.18 bits per heavy atom. The van der Waals surface area contributed by atoms with E-state index in [9.17, 15) is 4.79 Å². The number of halogens is 1. The number of carbonyl (C=O) groups is 1. The standard InChI is InChI=1S/C17H16ClN3O/c1-12-20-15-4-2-3-5-16(15)21(12)11-17(22)19-10-13-6-8-14(18)9-7-13/h2-9H,10-11H2,1H3,(H,19,22). The summed E-state index contributed by atoms with van der Waals surface area (Å²) >= 11 is 5.84. The Bertz CT molecular complexity index is 808. The van der Waals surface area contributed by atoms with E-state index >= 15 is 0 Å². The second-order valence-electron chi connectivity index (χ2n) is 5.14. The molecule has 1 heterocycles. The van der Waals surface area contributed by atoms with Crippen molar-refractivity contribution in [1.82, 2.24) is 14.9 Å². The van der Waals surface area contributed by atoms with Crippen molar-refractivity contribution in [2.24, 2.45) is 0 Å². The number of benzene rings is 2. The molecule has 112 valence electrons. The minimum atomic E-state index is -0.0406. The highest BCUT2D eigenvalue weighted by Gasteiger charge is 2.10. The number of nitrogens with one attached hydrogen (secondary N) is 1. The molecular weight excluding hydrogens is 298 g/mol. The van der Waals surface area contributed by atoms with Crippen LogP contribution in [0.4, 0.5) is 0 Å². The summed E-state index contributed by atoms with van der Waals surface area (Å²) in [5.41, 5.74) is 2.90. The van der Waals surface area contributed by atoms with Gasteiger partial charge in [0, 0.05) is 11.6 Å². The lowest BCUT2D eigenvalue weighted by Crippen LogP contribution is -2.27. The first-order valence-electron chi connectivity index (χ1n) is 7.06. The van der Waals surface area contributed by atoms with Crippen LogP contribution in [0.3, 0.4) is 0 Å². The molecule has 22 heavy (non-hydrogen) atoms. The smallest absolute Gasteiger partial charge is 0.240 e. The van der Waals surface area contributed by atoms with E-state index in [-0.39, 0.29) is 12.5 Å². The van der Waals surface area contributed by atoms with Crippen molar-refractivity contribution in [3.8, 4) is 0 Å². The highest BCUT2D eigenvalue weighted by Crippen LogP contribution is 2.15. The van der Waals surface area contributed by atoms with Gasteiger partial charge >= 0.3 is 0 Å². The number of aromatic nitrogens is 2. The Kier molecular flexibility index (Phi) is 4.11. The number of hydrogen-bond acceptors (Lipinski definition) is 2. The van der Waals surface area contributed by atoms with Gasteiger partial charge in [-0.15, -0.1) is 0 Å². The number of hydrogen-bond donors (Lipinski definition) is 1. The number of carbonyl (C=O) groups excluding carboxylic acids is 1. The molecule has 0 aliphatic heterocycles. The minimum Gasteiger partial charge on any atom is -0.350 e. The number of aryl methyl sites for hydroxylation is 1. The molecule has 0 atom stereocenters. The van der Waals surface area contributed by atoms with Gasteiger partial charge in [0.1, 0.15) is 12.4 Å². The Morgan fingerprint density at radius 3 is 2.68 bits per heavy atom. The summed E-state index contributed by atoms with van der Waals surface area (Å²) in [6.45, 7) is 2.66. The van der Waals surface area contributed by atoms with Crippen molar-refractivity contribution in [2.75, 3.05) is 0 Å². The van der Waals surface area contributed by atoms with Crippen LogP contribution in [0.2, 0.25) is 5.02 Å². The third kappa shape index (κ3) is 3.12. The molecule has 5 heteroatoms. The van der Waals surface area contributed by atoms with Crippen LogP contribution in [-0.4, -0.2) is 15.5 Å². The van der Waals surface area contributed by atoms with E-state index in [1.165, 1.54) is 0 Å². The van der Waals surface area contributed by atoms with Gasteiger partial charge in [-0.25, -0.2) is 4.98 Å². The number of fused-ring (bicyclic) bond motifs is 1. The van der Waals surface area contributed by atoms with Crippen molar-refractivity contribution in [1.29, 1.82) is 0 Å². The predicted molar refractivity (Wildman–Crippen MR) is 87.8 cm³/mol. The zero-order valence-electron chi connectivity index (χ0n) is 12.2. The number of nitrogens with zero attached hydrogens (tertiary/aromatic N) is 2. The molecular formula is C17H16ClN3O. The van der Waals surface area contributed by atoms with Crippen molar-refractivity contribution in [3.05, 3.63) is 64.9 Å². The maximum absolute atomic E-state index is 12.2. The van der Waals surface area contributed by atoms with Gasteiger partial charge in [-0.3, -0.25) is 4.79 Å². The molecule has 0 unspecified atom stereocenters. The van der Waals surface area contributed by atoms with Gasteiger partial charge in [-0.1, -0.05) is 35.9 Å². The highest BCUT2D eigenvalue weighted by molar-refractivity contribution is 6.30. The summed E-state index contributed by atoms with van der Waals surface area (Å²) in [6, 6.07) is 15.3. The third-order valence-corrected chi connectivity index (χ3v) is 3.80. The Labute approximate surface area is 133 Å². The van der Waals surface area contributed by atoms with Gasteiger partial charge in [0.2, 0.25) is 5.91 Å². The molecule has 2 aromatic carbocycles. The zero-order chi connectivity index (χ0) is 15.5. The first-order valence-corrected chi connectivity index (χ1v) is 7.44. The van der Waals surface area contributed by atoms with Crippen LogP contribution in [0.1, 0.15) is 11.4 Å². The molecule has 1 aromatic heterocycles. The molecule has 0 spiro atoms. The Balaban J connectivity index is 1.68. The van der Waals surface area contributed by atoms with Crippen LogP contribution in [-0.2, 0) is 17.9 Å².